The predicted octanol–water partition coefficient (Wildman–Crippen LogP) is 3.98. The van der Waals surface area contributed by atoms with Gasteiger partial charge in [-0.3, -0.25) is 9.98 Å². The summed E-state index contributed by atoms with van der Waals surface area (Å²) in [6, 6.07) is 4.05. The minimum atomic E-state index is -0.514. The van der Waals surface area contributed by atoms with E-state index in [0.29, 0.717) is 11.3 Å². The first-order valence-electron chi connectivity index (χ1n) is 4.89. The van der Waals surface area contributed by atoms with Crippen LogP contribution >= 0.6 is 23.2 Å². The van der Waals surface area contributed by atoms with Crippen molar-refractivity contribution in [3.8, 4) is 5.75 Å². The summed E-state index contributed by atoms with van der Waals surface area (Å²) in [5.74, 6) is -0.597. The summed E-state index contributed by atoms with van der Waals surface area (Å²) in [4.78, 5) is 7.76. The van der Waals surface area contributed by atoms with Gasteiger partial charge in [0.1, 0.15) is 11.6 Å². The molecule has 1 aromatic heterocycles. The fraction of sp³-hybridized carbons (Fsp3) is 0. The largest absolute Gasteiger partial charge is 0.506 e. The Morgan fingerprint density at radius 3 is 2.67 bits per heavy atom. The van der Waals surface area contributed by atoms with Crippen LogP contribution in [0, 0.1) is 5.82 Å². The summed E-state index contributed by atoms with van der Waals surface area (Å²) in [6.07, 6.45) is 4.01. The Hall–Kier alpha value is -1.65. The Morgan fingerprint density at radius 2 is 2.00 bits per heavy atom. The summed E-state index contributed by atoms with van der Waals surface area (Å²) < 4.78 is 12.9. The third kappa shape index (κ3) is 2.78. The maximum absolute atomic E-state index is 12.9. The summed E-state index contributed by atoms with van der Waals surface area (Å²) in [5.41, 5.74) is 0.792. The number of benzene rings is 1. The molecule has 0 aliphatic rings. The maximum atomic E-state index is 12.9. The first-order chi connectivity index (χ1) is 8.58. The number of hydrogen-bond acceptors (Lipinski definition) is 3. The van der Waals surface area contributed by atoms with E-state index in [-0.39, 0.29) is 15.8 Å². The number of hydrogen-bond donors (Lipinski definition) is 1. The first kappa shape index (κ1) is 12.8. The van der Waals surface area contributed by atoms with Crippen LogP contribution in [0.15, 0.2) is 35.6 Å². The molecule has 0 aliphatic heterocycles. The summed E-state index contributed by atoms with van der Waals surface area (Å²) in [5, 5.41) is 9.80. The van der Waals surface area contributed by atoms with Crippen LogP contribution in [0.1, 0.15) is 5.56 Å². The number of pyridine rings is 1. The Labute approximate surface area is 113 Å². The third-order valence-corrected chi connectivity index (χ3v) is 2.75. The molecule has 92 valence electrons. The standard InChI is InChI=1S/C12H7Cl2FN2O/c13-9-3-7(1-2-11(9)15)17-4-8-10(14)5-16-6-12(8)18/h1-6,18H. The fourth-order valence-corrected chi connectivity index (χ4v) is 1.64. The van der Waals surface area contributed by atoms with Crippen LogP contribution in [0.2, 0.25) is 10.0 Å². The molecule has 1 N–H and O–H groups in total. The molecule has 0 fully saturated rings. The van der Waals surface area contributed by atoms with Crippen molar-refractivity contribution in [1.82, 2.24) is 4.98 Å². The Balaban J connectivity index is 2.33. The Bertz CT molecular complexity index is 597. The molecular formula is C12H7Cl2FN2O. The first-order valence-corrected chi connectivity index (χ1v) is 5.65. The van der Waals surface area contributed by atoms with E-state index in [9.17, 15) is 9.50 Å². The molecule has 0 saturated heterocycles. The number of halogens is 3. The van der Waals surface area contributed by atoms with E-state index in [1.165, 1.54) is 36.8 Å². The van der Waals surface area contributed by atoms with Gasteiger partial charge in [0.15, 0.2) is 0 Å². The van der Waals surface area contributed by atoms with E-state index in [4.69, 9.17) is 23.2 Å². The van der Waals surface area contributed by atoms with E-state index in [1.807, 2.05) is 0 Å². The SMILES string of the molecule is Oc1cncc(Cl)c1C=Nc1ccc(F)c(Cl)c1. The number of nitrogens with zero attached hydrogens (tertiary/aromatic N) is 2. The van der Waals surface area contributed by atoms with E-state index in [0.717, 1.165) is 0 Å². The maximum Gasteiger partial charge on any atom is 0.144 e. The monoisotopic (exact) mass is 284 g/mol. The van der Waals surface area contributed by atoms with Gasteiger partial charge in [0.25, 0.3) is 0 Å². The van der Waals surface area contributed by atoms with Crippen molar-refractivity contribution in [2.75, 3.05) is 0 Å². The van der Waals surface area contributed by atoms with Crippen molar-refractivity contribution >= 4 is 35.1 Å². The van der Waals surface area contributed by atoms with Crippen LogP contribution < -0.4 is 0 Å². The molecular weight excluding hydrogens is 278 g/mol. The van der Waals surface area contributed by atoms with Gasteiger partial charge in [0.05, 0.1) is 27.5 Å². The van der Waals surface area contributed by atoms with E-state index < -0.39 is 5.82 Å². The summed E-state index contributed by atoms with van der Waals surface area (Å²) in [6.45, 7) is 0. The lowest BCUT2D eigenvalue weighted by Gasteiger charge is -2.00. The molecule has 0 unspecified atom stereocenters. The highest BCUT2D eigenvalue weighted by Gasteiger charge is 2.04. The molecule has 2 rings (SSSR count). The topological polar surface area (TPSA) is 45.5 Å². The average Bonchev–Trinajstić information content (AvgIpc) is 2.33. The van der Waals surface area contributed by atoms with Crippen molar-refractivity contribution in [2.24, 2.45) is 4.99 Å². The van der Waals surface area contributed by atoms with E-state index >= 15 is 0 Å². The second-order valence-electron chi connectivity index (χ2n) is 3.41. The van der Waals surface area contributed by atoms with Gasteiger partial charge < -0.3 is 5.11 Å². The molecule has 0 atom stereocenters. The zero-order valence-electron chi connectivity index (χ0n) is 8.94. The minimum absolute atomic E-state index is 0.0188. The molecule has 1 aromatic carbocycles. The van der Waals surface area contributed by atoms with E-state index in [2.05, 4.69) is 9.98 Å². The predicted molar refractivity (Wildman–Crippen MR) is 69.6 cm³/mol. The zero-order chi connectivity index (χ0) is 13.1. The molecule has 18 heavy (non-hydrogen) atoms. The summed E-state index contributed by atoms with van der Waals surface area (Å²) >= 11 is 11.5. The molecule has 0 spiro atoms. The number of aliphatic imine (C=N–C) groups is 1. The van der Waals surface area contributed by atoms with Crippen LogP contribution in [0.3, 0.4) is 0 Å². The fourth-order valence-electron chi connectivity index (χ4n) is 1.27. The Kier molecular flexibility index (Phi) is 3.79. The highest BCUT2D eigenvalue weighted by molar-refractivity contribution is 6.33. The molecule has 2 aromatic rings. The van der Waals surface area contributed by atoms with Crippen LogP contribution in [-0.2, 0) is 0 Å². The van der Waals surface area contributed by atoms with Gasteiger partial charge in [-0.1, -0.05) is 23.2 Å². The lowest BCUT2D eigenvalue weighted by Crippen LogP contribution is -1.86. The van der Waals surface area contributed by atoms with Gasteiger partial charge in [-0.25, -0.2) is 4.39 Å². The van der Waals surface area contributed by atoms with Crippen LogP contribution in [-0.4, -0.2) is 16.3 Å². The van der Waals surface area contributed by atoms with Crippen molar-refractivity contribution in [3.05, 3.63) is 52.0 Å². The molecule has 0 saturated carbocycles. The summed E-state index contributed by atoms with van der Waals surface area (Å²) in [7, 11) is 0. The minimum Gasteiger partial charge on any atom is -0.506 e. The molecule has 6 heteroatoms. The molecule has 0 radical (unpaired) electrons. The van der Waals surface area contributed by atoms with Gasteiger partial charge in [0.2, 0.25) is 0 Å². The van der Waals surface area contributed by atoms with Gasteiger partial charge >= 0.3 is 0 Å². The van der Waals surface area contributed by atoms with Crippen LogP contribution in [0.5, 0.6) is 5.75 Å². The molecule has 0 aliphatic carbocycles. The smallest absolute Gasteiger partial charge is 0.144 e. The van der Waals surface area contributed by atoms with Crippen molar-refractivity contribution in [2.45, 2.75) is 0 Å². The second-order valence-corrected chi connectivity index (χ2v) is 4.23. The quantitative estimate of drug-likeness (QED) is 0.848. The third-order valence-electron chi connectivity index (χ3n) is 2.16. The zero-order valence-corrected chi connectivity index (χ0v) is 10.5. The molecule has 0 amide bonds. The lowest BCUT2D eigenvalue weighted by atomic mass is 10.2. The molecule has 1 heterocycles. The van der Waals surface area contributed by atoms with E-state index in [1.54, 1.807) is 0 Å². The number of aromatic hydroxyl groups is 1. The number of aromatic nitrogens is 1. The van der Waals surface area contributed by atoms with Crippen molar-refractivity contribution in [1.29, 1.82) is 0 Å². The molecule has 0 bridgehead atoms. The normalized spacial score (nSPS) is 11.1. The van der Waals surface area contributed by atoms with Gasteiger partial charge in [-0.15, -0.1) is 0 Å². The number of rotatable bonds is 2. The highest BCUT2D eigenvalue weighted by Crippen LogP contribution is 2.24. The second kappa shape index (κ2) is 5.33. The van der Waals surface area contributed by atoms with Gasteiger partial charge in [0, 0.05) is 12.4 Å². The van der Waals surface area contributed by atoms with Crippen LogP contribution in [0.25, 0.3) is 0 Å². The lowest BCUT2D eigenvalue weighted by molar-refractivity contribution is 0.472. The molecule has 3 nitrogen and oxygen atoms in total. The van der Waals surface area contributed by atoms with Gasteiger partial charge in [-0.2, -0.15) is 0 Å². The highest BCUT2D eigenvalue weighted by atomic mass is 35.5. The Morgan fingerprint density at radius 1 is 1.22 bits per heavy atom. The average molecular weight is 285 g/mol. The van der Waals surface area contributed by atoms with Crippen LogP contribution in [0.4, 0.5) is 10.1 Å². The van der Waals surface area contributed by atoms with Gasteiger partial charge in [-0.05, 0) is 18.2 Å². The van der Waals surface area contributed by atoms with Crippen molar-refractivity contribution < 1.29 is 9.50 Å². The van der Waals surface area contributed by atoms with Crippen molar-refractivity contribution in [3.63, 3.8) is 0 Å².